The van der Waals surface area contributed by atoms with E-state index in [1.54, 1.807) is 4.90 Å². The van der Waals surface area contributed by atoms with E-state index in [4.69, 9.17) is 0 Å². The molecule has 3 aromatic rings. The zero-order chi connectivity index (χ0) is 15.6. The molecule has 2 aromatic carbocycles. The van der Waals surface area contributed by atoms with Crippen LogP contribution in [-0.4, -0.2) is 17.7 Å². The van der Waals surface area contributed by atoms with Crippen LogP contribution in [-0.2, 0) is 13.1 Å². The lowest BCUT2D eigenvalue weighted by Gasteiger charge is -2.17. The van der Waals surface area contributed by atoms with Crippen molar-refractivity contribution in [3.05, 3.63) is 48.0 Å². The maximum absolute atomic E-state index is 2.45. The molecule has 0 unspecified atom stereocenters. The second kappa shape index (κ2) is 6.37. The Balaban J connectivity index is 1.73. The average molecular weight is 307 g/mol. The van der Waals surface area contributed by atoms with Gasteiger partial charge < -0.3 is 9.47 Å². The molecular formula is C21H27N2+. The third kappa shape index (κ3) is 2.76. The van der Waals surface area contributed by atoms with Crippen molar-refractivity contribution in [2.75, 3.05) is 13.1 Å². The fourth-order valence-corrected chi connectivity index (χ4v) is 4.25. The zero-order valence-electron chi connectivity index (χ0n) is 14.1. The number of quaternary nitrogens is 1. The van der Waals surface area contributed by atoms with Gasteiger partial charge in [-0.05, 0) is 50.8 Å². The smallest absolute Gasteiger partial charge is 0.103 e. The molecule has 23 heavy (non-hydrogen) atoms. The molecule has 0 saturated carbocycles. The first-order valence-corrected chi connectivity index (χ1v) is 9.20. The molecule has 1 aromatic heterocycles. The molecule has 0 radical (unpaired) electrons. The number of likely N-dealkylation sites (tertiary alicyclic amines) is 1. The number of rotatable bonds is 3. The predicted molar refractivity (Wildman–Crippen MR) is 98.0 cm³/mol. The van der Waals surface area contributed by atoms with E-state index < -0.39 is 0 Å². The summed E-state index contributed by atoms with van der Waals surface area (Å²) in [6.45, 7) is 7.13. The molecule has 120 valence electrons. The van der Waals surface area contributed by atoms with Crippen molar-refractivity contribution in [1.29, 1.82) is 0 Å². The summed E-state index contributed by atoms with van der Waals surface area (Å²) in [6.07, 6.45) is 5.64. The van der Waals surface area contributed by atoms with Gasteiger partial charge in [0.05, 0.1) is 13.1 Å². The lowest BCUT2D eigenvalue weighted by atomic mass is 10.1. The van der Waals surface area contributed by atoms with Crippen LogP contribution in [0.2, 0.25) is 0 Å². The van der Waals surface area contributed by atoms with Crippen LogP contribution in [0.3, 0.4) is 0 Å². The molecule has 1 fully saturated rings. The van der Waals surface area contributed by atoms with Crippen molar-refractivity contribution < 1.29 is 4.90 Å². The average Bonchev–Trinajstić information content (AvgIpc) is 2.72. The van der Waals surface area contributed by atoms with E-state index in [1.165, 1.54) is 72.7 Å². The Morgan fingerprint density at radius 3 is 2.39 bits per heavy atom. The van der Waals surface area contributed by atoms with E-state index in [1.807, 2.05) is 0 Å². The van der Waals surface area contributed by atoms with Crippen LogP contribution < -0.4 is 4.90 Å². The lowest BCUT2D eigenvalue weighted by molar-refractivity contribution is -0.913. The van der Waals surface area contributed by atoms with Gasteiger partial charge in [0.25, 0.3) is 0 Å². The largest absolute Gasteiger partial charge is 0.341 e. The SMILES string of the molecule is CCn1c2ccccc2c2cc(C[NH+]3CCCCCC3)ccc21. The second-order valence-corrected chi connectivity index (χ2v) is 6.95. The van der Waals surface area contributed by atoms with Gasteiger partial charge in [0.15, 0.2) is 0 Å². The number of nitrogens with zero attached hydrogens (tertiary/aromatic N) is 1. The highest BCUT2D eigenvalue weighted by atomic mass is 15.1. The Kier molecular flexibility index (Phi) is 4.09. The lowest BCUT2D eigenvalue weighted by Crippen LogP contribution is -3.10. The molecule has 4 rings (SSSR count). The molecule has 0 aliphatic carbocycles. The minimum atomic E-state index is 1.03. The van der Waals surface area contributed by atoms with Gasteiger partial charge in [-0.15, -0.1) is 0 Å². The van der Waals surface area contributed by atoms with Crippen LogP contribution in [0.25, 0.3) is 21.8 Å². The normalized spacial score (nSPS) is 16.9. The fourth-order valence-electron chi connectivity index (χ4n) is 4.25. The van der Waals surface area contributed by atoms with Crippen molar-refractivity contribution in [1.82, 2.24) is 4.57 Å². The zero-order valence-corrected chi connectivity index (χ0v) is 14.1. The summed E-state index contributed by atoms with van der Waals surface area (Å²) in [6, 6.07) is 16.0. The van der Waals surface area contributed by atoms with E-state index in [9.17, 15) is 0 Å². The number of fused-ring (bicyclic) bond motifs is 3. The van der Waals surface area contributed by atoms with Gasteiger partial charge in [-0.3, -0.25) is 0 Å². The first-order chi connectivity index (χ1) is 11.4. The molecule has 0 spiro atoms. The first-order valence-electron chi connectivity index (χ1n) is 9.20. The van der Waals surface area contributed by atoms with Gasteiger partial charge in [0.1, 0.15) is 6.54 Å². The van der Waals surface area contributed by atoms with Gasteiger partial charge >= 0.3 is 0 Å². The second-order valence-electron chi connectivity index (χ2n) is 6.95. The van der Waals surface area contributed by atoms with Gasteiger partial charge in [-0.25, -0.2) is 0 Å². The van der Waals surface area contributed by atoms with Crippen molar-refractivity contribution >= 4 is 21.8 Å². The van der Waals surface area contributed by atoms with Crippen molar-refractivity contribution in [3.8, 4) is 0 Å². The predicted octanol–water partition coefficient (Wildman–Crippen LogP) is 3.77. The highest BCUT2D eigenvalue weighted by molar-refractivity contribution is 6.08. The van der Waals surface area contributed by atoms with Crippen LogP contribution in [0.15, 0.2) is 42.5 Å². The van der Waals surface area contributed by atoms with E-state index >= 15 is 0 Å². The molecule has 0 amide bonds. The summed E-state index contributed by atoms with van der Waals surface area (Å²) in [5.74, 6) is 0. The molecule has 1 aliphatic heterocycles. The summed E-state index contributed by atoms with van der Waals surface area (Å²) in [4.78, 5) is 1.76. The molecule has 1 aliphatic rings. The molecule has 1 N–H and O–H groups in total. The quantitative estimate of drug-likeness (QED) is 0.754. The molecule has 2 heterocycles. The van der Waals surface area contributed by atoms with Crippen LogP contribution in [0.4, 0.5) is 0 Å². The van der Waals surface area contributed by atoms with Crippen LogP contribution >= 0.6 is 0 Å². The van der Waals surface area contributed by atoms with Gasteiger partial charge in [-0.1, -0.05) is 24.3 Å². The van der Waals surface area contributed by atoms with E-state index in [0.717, 1.165) is 6.54 Å². The van der Waals surface area contributed by atoms with Crippen LogP contribution in [0.1, 0.15) is 38.2 Å². The third-order valence-electron chi connectivity index (χ3n) is 5.42. The molecule has 0 bridgehead atoms. The van der Waals surface area contributed by atoms with Crippen LogP contribution in [0, 0.1) is 0 Å². The standard InChI is InChI=1S/C21H26N2/c1-2-23-20-10-6-5-9-18(20)19-15-17(11-12-21(19)23)16-22-13-7-3-4-8-14-22/h5-6,9-12,15H,2-4,7-8,13-14,16H2,1H3/p+1. The summed E-state index contributed by atoms with van der Waals surface area (Å²) in [5.41, 5.74) is 4.24. The Morgan fingerprint density at radius 2 is 1.61 bits per heavy atom. The number of hydrogen-bond donors (Lipinski definition) is 1. The summed E-state index contributed by atoms with van der Waals surface area (Å²) in [7, 11) is 0. The molecule has 2 heteroatoms. The molecule has 2 nitrogen and oxygen atoms in total. The number of benzene rings is 2. The molecule has 1 saturated heterocycles. The summed E-state index contributed by atoms with van der Waals surface area (Å²) >= 11 is 0. The monoisotopic (exact) mass is 307 g/mol. The highest BCUT2D eigenvalue weighted by Crippen LogP contribution is 2.29. The maximum atomic E-state index is 2.45. The van der Waals surface area contributed by atoms with Crippen molar-refractivity contribution in [3.63, 3.8) is 0 Å². The number of aromatic nitrogens is 1. The number of nitrogens with one attached hydrogen (secondary N) is 1. The third-order valence-corrected chi connectivity index (χ3v) is 5.42. The minimum absolute atomic E-state index is 1.03. The molecule has 0 atom stereocenters. The van der Waals surface area contributed by atoms with E-state index in [2.05, 4.69) is 54.0 Å². The summed E-state index contributed by atoms with van der Waals surface area (Å²) < 4.78 is 2.44. The Labute approximate surface area is 138 Å². The Morgan fingerprint density at radius 1 is 0.870 bits per heavy atom. The van der Waals surface area contributed by atoms with E-state index in [0.29, 0.717) is 0 Å². The van der Waals surface area contributed by atoms with Gasteiger partial charge in [0, 0.05) is 33.9 Å². The Hall–Kier alpha value is -1.80. The minimum Gasteiger partial charge on any atom is -0.341 e. The van der Waals surface area contributed by atoms with Crippen molar-refractivity contribution in [2.24, 2.45) is 0 Å². The fraction of sp³-hybridized carbons (Fsp3) is 0.429. The van der Waals surface area contributed by atoms with Gasteiger partial charge in [-0.2, -0.15) is 0 Å². The number of para-hydroxylation sites is 1. The Bertz CT molecular complexity index is 807. The molecular weight excluding hydrogens is 280 g/mol. The maximum Gasteiger partial charge on any atom is 0.103 e. The van der Waals surface area contributed by atoms with Gasteiger partial charge in [0.2, 0.25) is 0 Å². The summed E-state index contributed by atoms with van der Waals surface area (Å²) in [5, 5.41) is 2.83. The topological polar surface area (TPSA) is 9.37 Å². The first kappa shape index (κ1) is 14.8. The van der Waals surface area contributed by atoms with Crippen LogP contribution in [0.5, 0.6) is 0 Å². The number of hydrogen-bond acceptors (Lipinski definition) is 0. The number of aryl methyl sites for hydroxylation is 1. The highest BCUT2D eigenvalue weighted by Gasteiger charge is 2.14. The van der Waals surface area contributed by atoms with Crippen molar-refractivity contribution in [2.45, 2.75) is 45.7 Å². The van der Waals surface area contributed by atoms with E-state index in [-0.39, 0.29) is 0 Å².